The van der Waals surface area contributed by atoms with Crippen molar-refractivity contribution in [1.82, 2.24) is 0 Å². The molecule has 0 unspecified atom stereocenters. The zero-order chi connectivity index (χ0) is 12.5. The predicted octanol–water partition coefficient (Wildman–Crippen LogP) is 3.12. The average Bonchev–Trinajstić information content (AvgIpc) is 2.69. The number of epoxide rings is 1. The molecule has 0 bridgehead atoms. The molecular formula is C15H22O2. The summed E-state index contributed by atoms with van der Waals surface area (Å²) in [6.45, 7) is 8.72. The van der Waals surface area contributed by atoms with Crippen LogP contribution in [0.2, 0.25) is 0 Å². The molecule has 0 aromatic rings. The lowest BCUT2D eigenvalue weighted by atomic mass is 9.69. The summed E-state index contributed by atoms with van der Waals surface area (Å²) in [6.07, 6.45) is 7.20. The van der Waals surface area contributed by atoms with Crippen molar-refractivity contribution in [2.45, 2.75) is 58.2 Å². The maximum atomic E-state index is 12.1. The second-order valence-electron chi connectivity index (χ2n) is 7.06. The van der Waals surface area contributed by atoms with Gasteiger partial charge in [-0.3, -0.25) is 4.79 Å². The largest absolute Gasteiger partial charge is 0.362 e. The minimum absolute atomic E-state index is 0.0175. The van der Waals surface area contributed by atoms with Crippen LogP contribution >= 0.6 is 0 Å². The van der Waals surface area contributed by atoms with Gasteiger partial charge in [0.2, 0.25) is 0 Å². The second kappa shape index (κ2) is 3.03. The Morgan fingerprint density at radius 2 is 2.06 bits per heavy atom. The Balaban J connectivity index is 2.03. The van der Waals surface area contributed by atoms with Crippen molar-refractivity contribution in [3.63, 3.8) is 0 Å². The van der Waals surface area contributed by atoms with Gasteiger partial charge in [-0.15, -0.1) is 0 Å². The smallest absolute Gasteiger partial charge is 0.158 e. The van der Waals surface area contributed by atoms with Crippen LogP contribution in [0.1, 0.15) is 47.0 Å². The molecule has 1 aliphatic heterocycles. The number of rotatable bonds is 0. The lowest BCUT2D eigenvalue weighted by Gasteiger charge is -2.33. The van der Waals surface area contributed by atoms with Gasteiger partial charge in [-0.05, 0) is 37.7 Å². The van der Waals surface area contributed by atoms with E-state index in [2.05, 4.69) is 33.8 Å². The van der Waals surface area contributed by atoms with Crippen LogP contribution in [0, 0.1) is 17.3 Å². The maximum absolute atomic E-state index is 12.1. The summed E-state index contributed by atoms with van der Waals surface area (Å²) >= 11 is 0. The van der Waals surface area contributed by atoms with Gasteiger partial charge in [0.1, 0.15) is 5.60 Å². The van der Waals surface area contributed by atoms with Crippen LogP contribution in [-0.2, 0) is 9.53 Å². The van der Waals surface area contributed by atoms with Gasteiger partial charge in [-0.1, -0.05) is 26.8 Å². The number of carbonyl (C=O) groups excluding carboxylic acids is 1. The molecule has 17 heavy (non-hydrogen) atoms. The number of ether oxygens (including phenoxy) is 1. The predicted molar refractivity (Wildman–Crippen MR) is 66.7 cm³/mol. The van der Waals surface area contributed by atoms with Crippen molar-refractivity contribution >= 4 is 5.78 Å². The summed E-state index contributed by atoms with van der Waals surface area (Å²) in [5.41, 5.74) is 0.0984. The Morgan fingerprint density at radius 1 is 1.35 bits per heavy atom. The fraction of sp³-hybridized carbons (Fsp3) is 0.800. The fourth-order valence-corrected chi connectivity index (χ4v) is 4.17. The molecule has 0 aromatic carbocycles. The van der Waals surface area contributed by atoms with E-state index in [1.807, 2.05) is 0 Å². The highest BCUT2D eigenvalue weighted by Gasteiger charge is 2.75. The van der Waals surface area contributed by atoms with E-state index in [0.717, 1.165) is 19.3 Å². The monoisotopic (exact) mass is 234 g/mol. The third-order valence-corrected chi connectivity index (χ3v) is 5.26. The number of ketones is 1. The molecule has 1 saturated carbocycles. The Morgan fingerprint density at radius 3 is 2.71 bits per heavy atom. The number of carbonyl (C=O) groups is 1. The number of hydrogen-bond acceptors (Lipinski definition) is 2. The van der Waals surface area contributed by atoms with Gasteiger partial charge in [0.15, 0.2) is 5.78 Å². The van der Waals surface area contributed by atoms with E-state index in [0.29, 0.717) is 5.92 Å². The van der Waals surface area contributed by atoms with E-state index in [-0.39, 0.29) is 28.3 Å². The summed E-state index contributed by atoms with van der Waals surface area (Å²) in [4.78, 5) is 12.1. The fourth-order valence-electron chi connectivity index (χ4n) is 4.17. The van der Waals surface area contributed by atoms with Gasteiger partial charge >= 0.3 is 0 Å². The average molecular weight is 234 g/mol. The summed E-state index contributed by atoms with van der Waals surface area (Å²) < 4.78 is 6.14. The molecule has 2 aliphatic carbocycles. The van der Waals surface area contributed by atoms with Crippen molar-refractivity contribution in [2.24, 2.45) is 17.3 Å². The highest BCUT2D eigenvalue weighted by molar-refractivity contribution is 5.92. The minimum atomic E-state index is -0.0175. The van der Waals surface area contributed by atoms with Gasteiger partial charge in [-0.25, -0.2) is 0 Å². The Hall–Kier alpha value is -0.630. The Bertz CT molecular complexity index is 409. The third-order valence-electron chi connectivity index (χ3n) is 5.26. The molecule has 0 radical (unpaired) electrons. The lowest BCUT2D eigenvalue weighted by molar-refractivity contribution is -0.120. The zero-order valence-corrected chi connectivity index (χ0v) is 11.2. The molecule has 3 rings (SSSR count). The first kappa shape index (κ1) is 11.5. The zero-order valence-electron chi connectivity index (χ0n) is 11.2. The van der Waals surface area contributed by atoms with Crippen molar-refractivity contribution in [2.75, 3.05) is 0 Å². The minimum Gasteiger partial charge on any atom is -0.362 e. The van der Waals surface area contributed by atoms with Gasteiger partial charge < -0.3 is 4.74 Å². The summed E-state index contributed by atoms with van der Waals surface area (Å²) in [5.74, 6) is 0.817. The summed E-state index contributed by atoms with van der Waals surface area (Å²) in [7, 11) is 0. The molecular weight excluding hydrogens is 212 g/mol. The second-order valence-corrected chi connectivity index (χ2v) is 7.06. The van der Waals surface area contributed by atoms with E-state index in [1.54, 1.807) is 6.08 Å². The molecule has 0 N–H and O–H groups in total. The van der Waals surface area contributed by atoms with E-state index in [1.165, 1.54) is 0 Å². The normalized spacial score (nSPS) is 53.3. The first-order valence-electron chi connectivity index (χ1n) is 6.73. The first-order chi connectivity index (χ1) is 7.80. The number of allylic oxidation sites excluding steroid dienone is 2. The van der Waals surface area contributed by atoms with Crippen molar-refractivity contribution < 1.29 is 9.53 Å². The molecule has 3 aliphatic rings. The lowest BCUT2D eigenvalue weighted by Crippen LogP contribution is -2.38. The van der Waals surface area contributed by atoms with E-state index in [9.17, 15) is 4.79 Å². The molecule has 1 saturated heterocycles. The highest BCUT2D eigenvalue weighted by atomic mass is 16.6. The topological polar surface area (TPSA) is 29.6 Å². The molecule has 2 heteroatoms. The number of hydrogen-bond donors (Lipinski definition) is 0. The van der Waals surface area contributed by atoms with Gasteiger partial charge in [-0.2, -0.15) is 0 Å². The molecule has 94 valence electrons. The first-order valence-corrected chi connectivity index (χ1v) is 6.73. The molecule has 0 amide bonds. The van der Waals surface area contributed by atoms with E-state index >= 15 is 0 Å². The molecule has 4 atom stereocenters. The summed E-state index contributed by atoms with van der Waals surface area (Å²) in [6, 6.07) is 0. The Kier molecular flexibility index (Phi) is 2.04. The molecule has 2 fully saturated rings. The van der Waals surface area contributed by atoms with Crippen LogP contribution in [0.4, 0.5) is 0 Å². The van der Waals surface area contributed by atoms with Crippen molar-refractivity contribution in [3.05, 3.63) is 12.2 Å². The standard InChI is InChI=1S/C15H22O2/c1-10-11-5-8-14(4)15(11,17-14)9-13(2,3)7-6-12(10)16/h6-7,10-11H,5,8-9H2,1-4H3/b7-6+/t10-,11+,14+,15-/m0/s1. The van der Waals surface area contributed by atoms with Crippen LogP contribution in [-0.4, -0.2) is 17.0 Å². The van der Waals surface area contributed by atoms with Crippen LogP contribution in [0.5, 0.6) is 0 Å². The van der Waals surface area contributed by atoms with Gasteiger partial charge in [0.25, 0.3) is 0 Å². The quantitative estimate of drug-likeness (QED) is 0.603. The molecule has 2 nitrogen and oxygen atoms in total. The Labute approximate surface area is 103 Å². The summed E-state index contributed by atoms with van der Waals surface area (Å²) in [5, 5.41) is 0. The highest BCUT2D eigenvalue weighted by Crippen LogP contribution is 2.68. The third kappa shape index (κ3) is 1.40. The van der Waals surface area contributed by atoms with Crippen LogP contribution in [0.3, 0.4) is 0 Å². The van der Waals surface area contributed by atoms with E-state index < -0.39 is 0 Å². The SMILES string of the molecule is C[C@@H]1C(=O)/C=C/C(C)(C)C[C@@]23O[C@]2(C)CC[C@H]13. The van der Waals surface area contributed by atoms with Gasteiger partial charge in [0, 0.05) is 11.8 Å². The van der Waals surface area contributed by atoms with E-state index in [4.69, 9.17) is 4.74 Å². The van der Waals surface area contributed by atoms with Crippen LogP contribution in [0.15, 0.2) is 12.2 Å². The van der Waals surface area contributed by atoms with Gasteiger partial charge in [0.05, 0.1) is 5.60 Å². The molecule has 1 spiro atoms. The van der Waals surface area contributed by atoms with Crippen LogP contribution < -0.4 is 0 Å². The maximum Gasteiger partial charge on any atom is 0.158 e. The van der Waals surface area contributed by atoms with Crippen molar-refractivity contribution in [3.8, 4) is 0 Å². The molecule has 1 heterocycles. The van der Waals surface area contributed by atoms with Crippen LogP contribution in [0.25, 0.3) is 0 Å². The van der Waals surface area contributed by atoms with Crippen molar-refractivity contribution in [1.29, 1.82) is 0 Å². The molecule has 0 aromatic heterocycles.